The van der Waals surface area contributed by atoms with E-state index in [-0.39, 0.29) is 4.90 Å². The van der Waals surface area contributed by atoms with Gasteiger partial charge in [-0.1, -0.05) is 22.0 Å². The summed E-state index contributed by atoms with van der Waals surface area (Å²) in [5.74, 6) is 0. The van der Waals surface area contributed by atoms with Crippen molar-refractivity contribution in [1.29, 1.82) is 0 Å². The molecule has 0 aliphatic rings. The number of aromatic amines is 1. The van der Waals surface area contributed by atoms with Gasteiger partial charge >= 0.3 is 0 Å². The maximum atomic E-state index is 12.0. The number of sulfonamides is 1. The SMILES string of the molecule is Cc1ccc(S(=O)(=O)Nc2cn[nH]c2)cc1Br. The number of nitrogens with zero attached hydrogens (tertiary/aromatic N) is 1. The van der Waals surface area contributed by atoms with Gasteiger partial charge in [-0.25, -0.2) is 8.42 Å². The molecule has 0 aliphatic carbocycles. The number of anilines is 1. The van der Waals surface area contributed by atoms with Crippen LogP contribution in [-0.4, -0.2) is 18.6 Å². The first-order chi connectivity index (χ1) is 7.99. The molecular weight excluding hydrogens is 306 g/mol. The fourth-order valence-corrected chi connectivity index (χ4v) is 2.85. The largest absolute Gasteiger partial charge is 0.284 e. The van der Waals surface area contributed by atoms with Gasteiger partial charge in [0.25, 0.3) is 10.0 Å². The lowest BCUT2D eigenvalue weighted by molar-refractivity contribution is 0.601. The monoisotopic (exact) mass is 315 g/mol. The summed E-state index contributed by atoms with van der Waals surface area (Å²) in [6.45, 7) is 1.89. The average Bonchev–Trinajstić information content (AvgIpc) is 2.73. The van der Waals surface area contributed by atoms with Crippen molar-refractivity contribution in [2.24, 2.45) is 0 Å². The molecule has 1 aromatic carbocycles. The number of aromatic nitrogens is 2. The van der Waals surface area contributed by atoms with Gasteiger partial charge in [0.05, 0.1) is 16.8 Å². The van der Waals surface area contributed by atoms with Gasteiger partial charge in [-0.05, 0) is 24.6 Å². The fraction of sp³-hybridized carbons (Fsp3) is 0.100. The van der Waals surface area contributed by atoms with Crippen molar-refractivity contribution in [3.8, 4) is 0 Å². The molecule has 0 saturated carbocycles. The summed E-state index contributed by atoms with van der Waals surface area (Å²) in [5.41, 5.74) is 1.38. The molecule has 0 fully saturated rings. The number of hydrogen-bond acceptors (Lipinski definition) is 3. The van der Waals surface area contributed by atoms with Crippen LogP contribution in [0.25, 0.3) is 0 Å². The topological polar surface area (TPSA) is 74.8 Å². The van der Waals surface area contributed by atoms with E-state index in [2.05, 4.69) is 30.8 Å². The van der Waals surface area contributed by atoms with Crippen LogP contribution >= 0.6 is 15.9 Å². The van der Waals surface area contributed by atoms with Crippen LogP contribution in [0.5, 0.6) is 0 Å². The first kappa shape index (κ1) is 12.1. The summed E-state index contributed by atoms with van der Waals surface area (Å²) in [4.78, 5) is 0.205. The molecule has 17 heavy (non-hydrogen) atoms. The number of hydrogen-bond donors (Lipinski definition) is 2. The highest BCUT2D eigenvalue weighted by Gasteiger charge is 2.15. The Bertz CT molecular complexity index is 623. The van der Waals surface area contributed by atoms with E-state index < -0.39 is 10.0 Å². The molecule has 0 saturated heterocycles. The predicted molar refractivity (Wildman–Crippen MR) is 68.3 cm³/mol. The third-order valence-corrected chi connectivity index (χ3v) is 4.44. The van der Waals surface area contributed by atoms with Crippen LogP contribution in [0.15, 0.2) is 40.0 Å². The molecule has 1 heterocycles. The van der Waals surface area contributed by atoms with Crippen molar-refractivity contribution >= 4 is 31.6 Å². The normalized spacial score (nSPS) is 11.4. The average molecular weight is 316 g/mol. The van der Waals surface area contributed by atoms with Crippen molar-refractivity contribution in [1.82, 2.24) is 10.2 Å². The Morgan fingerprint density at radius 2 is 2.18 bits per heavy atom. The minimum absolute atomic E-state index is 0.205. The predicted octanol–water partition coefficient (Wildman–Crippen LogP) is 2.28. The molecule has 90 valence electrons. The lowest BCUT2D eigenvalue weighted by atomic mass is 10.2. The molecule has 2 N–H and O–H groups in total. The Labute approximate surface area is 107 Å². The summed E-state index contributed by atoms with van der Waals surface area (Å²) < 4.78 is 27.2. The highest BCUT2D eigenvalue weighted by Crippen LogP contribution is 2.22. The van der Waals surface area contributed by atoms with Crippen LogP contribution in [0.4, 0.5) is 5.69 Å². The van der Waals surface area contributed by atoms with Crippen LogP contribution in [-0.2, 0) is 10.0 Å². The molecule has 1 aromatic heterocycles. The molecular formula is C10H10BrN3O2S. The van der Waals surface area contributed by atoms with Gasteiger partial charge in [0.15, 0.2) is 0 Å². The Hall–Kier alpha value is -1.34. The maximum Gasteiger partial charge on any atom is 0.262 e. The summed E-state index contributed by atoms with van der Waals surface area (Å²) in [5, 5.41) is 6.21. The second-order valence-electron chi connectivity index (χ2n) is 3.50. The van der Waals surface area contributed by atoms with Crippen LogP contribution in [0.2, 0.25) is 0 Å². The number of H-pyrrole nitrogens is 1. The second-order valence-corrected chi connectivity index (χ2v) is 6.04. The van der Waals surface area contributed by atoms with Crippen LogP contribution < -0.4 is 4.72 Å². The lowest BCUT2D eigenvalue weighted by Gasteiger charge is -2.07. The molecule has 0 radical (unpaired) electrons. The van der Waals surface area contributed by atoms with Crippen molar-refractivity contribution in [2.45, 2.75) is 11.8 Å². The highest BCUT2D eigenvalue weighted by atomic mass is 79.9. The fourth-order valence-electron chi connectivity index (χ4n) is 1.26. The van der Waals surface area contributed by atoms with Gasteiger partial charge in [-0.15, -0.1) is 0 Å². The summed E-state index contributed by atoms with van der Waals surface area (Å²) in [6, 6.07) is 4.87. The van der Waals surface area contributed by atoms with Gasteiger partial charge in [-0.3, -0.25) is 9.82 Å². The van der Waals surface area contributed by atoms with Gasteiger partial charge in [0.2, 0.25) is 0 Å². The van der Waals surface area contributed by atoms with E-state index in [1.54, 1.807) is 18.2 Å². The molecule has 2 rings (SSSR count). The molecule has 0 spiro atoms. The first-order valence-electron chi connectivity index (χ1n) is 4.77. The number of benzene rings is 1. The van der Waals surface area contributed by atoms with E-state index in [4.69, 9.17) is 0 Å². The Morgan fingerprint density at radius 3 is 2.76 bits per heavy atom. The molecule has 0 amide bonds. The summed E-state index contributed by atoms with van der Waals surface area (Å²) >= 11 is 3.31. The number of rotatable bonds is 3. The Morgan fingerprint density at radius 1 is 1.41 bits per heavy atom. The van der Waals surface area contributed by atoms with Gasteiger partial charge in [0.1, 0.15) is 0 Å². The summed E-state index contributed by atoms with van der Waals surface area (Å²) in [7, 11) is -3.56. The van der Waals surface area contributed by atoms with E-state index in [0.29, 0.717) is 5.69 Å². The maximum absolute atomic E-state index is 12.0. The highest BCUT2D eigenvalue weighted by molar-refractivity contribution is 9.10. The van der Waals surface area contributed by atoms with E-state index in [1.807, 2.05) is 6.92 Å². The van der Waals surface area contributed by atoms with Crippen LogP contribution in [0.3, 0.4) is 0 Å². The smallest absolute Gasteiger partial charge is 0.262 e. The zero-order chi connectivity index (χ0) is 12.5. The molecule has 5 nitrogen and oxygen atoms in total. The zero-order valence-electron chi connectivity index (χ0n) is 8.94. The molecule has 0 aliphatic heterocycles. The van der Waals surface area contributed by atoms with Gasteiger partial charge in [-0.2, -0.15) is 5.10 Å². The molecule has 0 atom stereocenters. The number of halogens is 1. The standard InChI is InChI=1S/C10H10BrN3O2S/c1-7-2-3-9(4-10(7)11)17(15,16)14-8-5-12-13-6-8/h2-6,14H,1H3,(H,12,13). The zero-order valence-corrected chi connectivity index (χ0v) is 11.3. The molecule has 7 heteroatoms. The van der Waals surface area contributed by atoms with E-state index >= 15 is 0 Å². The molecule has 0 unspecified atom stereocenters. The lowest BCUT2D eigenvalue weighted by Crippen LogP contribution is -2.12. The second kappa shape index (κ2) is 4.50. The van der Waals surface area contributed by atoms with Crippen molar-refractivity contribution < 1.29 is 8.42 Å². The van der Waals surface area contributed by atoms with Crippen molar-refractivity contribution in [3.05, 3.63) is 40.6 Å². The third-order valence-electron chi connectivity index (χ3n) is 2.20. The van der Waals surface area contributed by atoms with E-state index in [0.717, 1.165) is 10.0 Å². The van der Waals surface area contributed by atoms with Crippen molar-refractivity contribution in [3.63, 3.8) is 0 Å². The van der Waals surface area contributed by atoms with E-state index in [1.165, 1.54) is 12.4 Å². The number of nitrogens with one attached hydrogen (secondary N) is 2. The minimum Gasteiger partial charge on any atom is -0.284 e. The molecule has 0 bridgehead atoms. The van der Waals surface area contributed by atoms with Crippen LogP contribution in [0.1, 0.15) is 5.56 Å². The Balaban J connectivity index is 2.35. The summed E-state index contributed by atoms with van der Waals surface area (Å²) in [6.07, 6.45) is 2.88. The van der Waals surface area contributed by atoms with Crippen LogP contribution in [0, 0.1) is 6.92 Å². The quantitative estimate of drug-likeness (QED) is 0.912. The first-order valence-corrected chi connectivity index (χ1v) is 7.04. The third kappa shape index (κ3) is 2.67. The minimum atomic E-state index is -3.56. The van der Waals surface area contributed by atoms with Gasteiger partial charge in [0, 0.05) is 10.7 Å². The van der Waals surface area contributed by atoms with E-state index in [9.17, 15) is 8.42 Å². The Kier molecular flexibility index (Phi) is 3.21. The number of aryl methyl sites for hydroxylation is 1. The molecule has 2 aromatic rings. The van der Waals surface area contributed by atoms with Crippen molar-refractivity contribution in [2.75, 3.05) is 4.72 Å². The van der Waals surface area contributed by atoms with Gasteiger partial charge < -0.3 is 0 Å².